The van der Waals surface area contributed by atoms with E-state index in [4.69, 9.17) is 9.97 Å². The monoisotopic (exact) mass is 649 g/mol. The quantitative estimate of drug-likeness (QED) is 0.179. The molecule has 0 spiro atoms. The van der Waals surface area contributed by atoms with Gasteiger partial charge in [0, 0.05) is 34.9 Å². The van der Waals surface area contributed by atoms with Gasteiger partial charge in [0.15, 0.2) is 11.5 Å². The first kappa shape index (κ1) is 27.9. The summed E-state index contributed by atoms with van der Waals surface area (Å²) in [4.78, 5) is 19.3. The summed E-state index contributed by atoms with van der Waals surface area (Å²) in [6, 6.07) is 52.1. The van der Waals surface area contributed by atoms with E-state index in [9.17, 15) is 0 Å². The summed E-state index contributed by atoms with van der Waals surface area (Å²) in [5.74, 6) is 0.734. The third-order valence-corrected chi connectivity index (χ3v) is 10.3. The van der Waals surface area contributed by atoms with Crippen molar-refractivity contribution in [2.75, 3.05) is 0 Å². The van der Waals surface area contributed by atoms with Crippen LogP contribution in [0.5, 0.6) is 0 Å². The first-order chi connectivity index (χ1) is 25.3. The molecule has 51 heavy (non-hydrogen) atoms. The molecule has 0 N–H and O–H groups in total. The highest BCUT2D eigenvalue weighted by Gasteiger charge is 2.21. The van der Waals surface area contributed by atoms with Crippen molar-refractivity contribution in [2.45, 2.75) is 0 Å². The van der Waals surface area contributed by atoms with Gasteiger partial charge >= 0.3 is 0 Å². The van der Waals surface area contributed by atoms with Crippen molar-refractivity contribution in [1.29, 1.82) is 0 Å². The molecular weight excluding hydrogens is 623 g/mol. The molecule has 4 aromatic heterocycles. The van der Waals surface area contributed by atoms with Gasteiger partial charge in [-0.25, -0.2) is 15.0 Å². The molecule has 0 radical (unpaired) electrons. The first-order valence-electron chi connectivity index (χ1n) is 17.1. The van der Waals surface area contributed by atoms with Crippen molar-refractivity contribution in [2.24, 2.45) is 0 Å². The predicted octanol–water partition coefficient (Wildman–Crippen LogP) is 11.5. The van der Waals surface area contributed by atoms with E-state index in [0.29, 0.717) is 5.65 Å². The van der Waals surface area contributed by atoms with E-state index in [1.807, 2.05) is 24.3 Å². The van der Waals surface area contributed by atoms with Gasteiger partial charge in [-0.3, -0.25) is 9.55 Å². The van der Waals surface area contributed by atoms with Crippen molar-refractivity contribution in [3.63, 3.8) is 0 Å². The highest BCUT2D eigenvalue weighted by Crippen LogP contribution is 2.43. The van der Waals surface area contributed by atoms with Crippen LogP contribution in [-0.4, -0.2) is 24.5 Å². The molecule has 0 aliphatic carbocycles. The Hall–Kier alpha value is -6.98. The fourth-order valence-electron chi connectivity index (χ4n) is 8.04. The maximum atomic E-state index is 5.23. The lowest BCUT2D eigenvalue weighted by atomic mass is 9.89. The predicted molar refractivity (Wildman–Crippen MR) is 210 cm³/mol. The van der Waals surface area contributed by atoms with Crippen LogP contribution in [0.3, 0.4) is 0 Å². The fraction of sp³-hybridized carbons (Fsp3) is 0. The molecule has 4 heterocycles. The van der Waals surface area contributed by atoms with Gasteiger partial charge in [-0.2, -0.15) is 0 Å². The second-order valence-corrected chi connectivity index (χ2v) is 13.1. The molecule has 236 valence electrons. The lowest BCUT2D eigenvalue weighted by Gasteiger charge is -2.15. The summed E-state index contributed by atoms with van der Waals surface area (Å²) in [5, 5.41) is 12.3. The van der Waals surface area contributed by atoms with E-state index in [1.165, 1.54) is 54.2 Å². The van der Waals surface area contributed by atoms with E-state index in [-0.39, 0.29) is 0 Å². The minimum Gasteiger partial charge on any atom is -0.292 e. The molecule has 0 saturated heterocycles. The van der Waals surface area contributed by atoms with Gasteiger partial charge in [0.1, 0.15) is 11.2 Å². The maximum absolute atomic E-state index is 5.23. The molecule has 0 atom stereocenters. The minimum absolute atomic E-state index is 0.604. The van der Waals surface area contributed by atoms with Crippen LogP contribution in [-0.2, 0) is 0 Å². The van der Waals surface area contributed by atoms with Crippen LogP contribution in [0.25, 0.3) is 104 Å². The lowest BCUT2D eigenvalue weighted by Crippen LogP contribution is -2.04. The Labute approximate surface area is 292 Å². The second kappa shape index (κ2) is 10.8. The lowest BCUT2D eigenvalue weighted by molar-refractivity contribution is 1.06. The summed E-state index contributed by atoms with van der Waals surface area (Å²) in [7, 11) is 0. The molecule has 7 aromatic carbocycles. The standard InChI is InChI=1S/C46H27N5/c1-2-10-30-27-42-39(25-29(30)9-1)38-26-31(32-15-7-16-37-35-12-4-3-11-33(35)34-13-5-6-14-36(34)43(32)37)18-19-41(38)51(42)46-44(28-20-23-47-24-21-28)49-40-17-8-22-48-45(40)50-46/h1-27H. The van der Waals surface area contributed by atoms with E-state index in [0.717, 1.165) is 44.4 Å². The van der Waals surface area contributed by atoms with E-state index in [1.54, 1.807) is 18.6 Å². The Bertz CT molecular complexity index is 3150. The molecule has 0 aliphatic heterocycles. The average Bonchev–Trinajstić information content (AvgIpc) is 3.51. The molecule has 11 rings (SSSR count). The zero-order valence-electron chi connectivity index (χ0n) is 27.3. The number of fused-ring (bicyclic) bond motifs is 11. The first-order valence-corrected chi connectivity index (χ1v) is 17.1. The molecular formula is C46H27N5. The smallest absolute Gasteiger partial charge is 0.180 e. The average molecular weight is 650 g/mol. The zero-order chi connectivity index (χ0) is 33.5. The van der Waals surface area contributed by atoms with Gasteiger partial charge in [-0.05, 0) is 103 Å². The highest BCUT2D eigenvalue weighted by atomic mass is 15.1. The number of rotatable bonds is 3. The number of pyridine rings is 2. The van der Waals surface area contributed by atoms with Crippen LogP contribution in [0.2, 0.25) is 0 Å². The fourth-order valence-corrected chi connectivity index (χ4v) is 8.04. The topological polar surface area (TPSA) is 56.5 Å². The molecule has 0 aliphatic rings. The van der Waals surface area contributed by atoms with Crippen molar-refractivity contribution in [3.8, 4) is 28.2 Å². The Morgan fingerprint density at radius 1 is 0.431 bits per heavy atom. The zero-order valence-corrected chi connectivity index (χ0v) is 27.3. The number of nitrogens with zero attached hydrogens (tertiary/aromatic N) is 5. The minimum atomic E-state index is 0.604. The number of aromatic nitrogens is 5. The van der Waals surface area contributed by atoms with Gasteiger partial charge in [0.25, 0.3) is 0 Å². The third kappa shape index (κ3) is 4.15. The number of hydrogen-bond acceptors (Lipinski definition) is 4. The van der Waals surface area contributed by atoms with E-state index < -0.39 is 0 Å². The Morgan fingerprint density at radius 2 is 1.10 bits per heavy atom. The van der Waals surface area contributed by atoms with E-state index in [2.05, 4.69) is 136 Å². The van der Waals surface area contributed by atoms with E-state index >= 15 is 0 Å². The third-order valence-electron chi connectivity index (χ3n) is 10.3. The molecule has 0 bridgehead atoms. The molecule has 0 fully saturated rings. The van der Waals surface area contributed by atoms with Gasteiger partial charge in [-0.15, -0.1) is 0 Å². The summed E-state index contributed by atoms with van der Waals surface area (Å²) < 4.78 is 2.27. The molecule has 0 saturated carbocycles. The van der Waals surface area contributed by atoms with Crippen molar-refractivity contribution >= 4 is 76.1 Å². The molecule has 0 unspecified atom stereocenters. The van der Waals surface area contributed by atoms with Crippen LogP contribution in [0.1, 0.15) is 0 Å². The number of benzene rings is 7. The van der Waals surface area contributed by atoms with Crippen LogP contribution in [0, 0.1) is 0 Å². The van der Waals surface area contributed by atoms with Crippen molar-refractivity contribution < 1.29 is 0 Å². The summed E-state index contributed by atoms with van der Waals surface area (Å²) in [6.45, 7) is 0. The van der Waals surface area contributed by atoms with Gasteiger partial charge < -0.3 is 0 Å². The van der Waals surface area contributed by atoms with Crippen LogP contribution < -0.4 is 0 Å². The summed E-state index contributed by atoms with van der Waals surface area (Å²) in [6.07, 6.45) is 5.38. The van der Waals surface area contributed by atoms with Gasteiger partial charge in [-0.1, -0.05) is 97.1 Å². The molecule has 5 heteroatoms. The Kier molecular flexibility index (Phi) is 5.89. The van der Waals surface area contributed by atoms with Crippen LogP contribution >= 0.6 is 0 Å². The molecule has 5 nitrogen and oxygen atoms in total. The summed E-state index contributed by atoms with van der Waals surface area (Å²) in [5.41, 5.74) is 7.58. The summed E-state index contributed by atoms with van der Waals surface area (Å²) >= 11 is 0. The maximum Gasteiger partial charge on any atom is 0.180 e. The van der Waals surface area contributed by atoms with Crippen molar-refractivity contribution in [3.05, 3.63) is 164 Å². The number of hydrogen-bond donors (Lipinski definition) is 0. The normalized spacial score (nSPS) is 11.9. The van der Waals surface area contributed by atoms with Gasteiger partial charge in [0.05, 0.1) is 11.0 Å². The van der Waals surface area contributed by atoms with Crippen LogP contribution in [0.4, 0.5) is 0 Å². The van der Waals surface area contributed by atoms with Crippen LogP contribution in [0.15, 0.2) is 164 Å². The SMILES string of the molecule is c1ccc2cc3c(cc2c1)c1cc(-c2cccc4c5ccccc5c5ccccc5c24)ccc1n3-c1nc2ncccc2nc1-c1ccncc1. The Morgan fingerprint density at radius 3 is 1.88 bits per heavy atom. The molecule has 0 amide bonds. The highest BCUT2D eigenvalue weighted by molar-refractivity contribution is 6.28. The van der Waals surface area contributed by atoms with Gasteiger partial charge in [0.2, 0.25) is 0 Å². The largest absolute Gasteiger partial charge is 0.292 e. The molecule has 11 aromatic rings. The Balaban J connectivity index is 1.26. The second-order valence-electron chi connectivity index (χ2n) is 13.1. The van der Waals surface area contributed by atoms with Crippen molar-refractivity contribution in [1.82, 2.24) is 24.5 Å².